The second-order valence-corrected chi connectivity index (χ2v) is 5.02. The maximum absolute atomic E-state index is 11.6. The fourth-order valence-electron chi connectivity index (χ4n) is 2.13. The first-order chi connectivity index (χ1) is 10.2. The topological polar surface area (TPSA) is 38.3 Å². The van der Waals surface area contributed by atoms with E-state index >= 15 is 0 Å². The molecule has 0 spiro atoms. The Hall–Kier alpha value is -1.84. The molecule has 1 N–H and O–H groups in total. The Morgan fingerprint density at radius 3 is 2.33 bits per heavy atom. The number of benzene rings is 2. The lowest BCUT2D eigenvalue weighted by atomic mass is 9.99. The molecule has 0 heterocycles. The van der Waals surface area contributed by atoms with Gasteiger partial charge in [-0.1, -0.05) is 54.1 Å². The van der Waals surface area contributed by atoms with E-state index in [9.17, 15) is 4.79 Å². The molecule has 2 aromatic carbocycles. The van der Waals surface area contributed by atoms with Gasteiger partial charge in [-0.2, -0.15) is 0 Å². The zero-order valence-electron chi connectivity index (χ0n) is 11.9. The van der Waals surface area contributed by atoms with Crippen LogP contribution in [0.5, 0.6) is 0 Å². The molecule has 0 saturated heterocycles. The van der Waals surface area contributed by atoms with Crippen molar-refractivity contribution in [3.8, 4) is 0 Å². The quantitative estimate of drug-likeness (QED) is 0.829. The van der Waals surface area contributed by atoms with Gasteiger partial charge in [-0.25, -0.2) is 0 Å². The van der Waals surface area contributed by atoms with Crippen molar-refractivity contribution in [1.82, 2.24) is 5.32 Å². The lowest BCUT2D eigenvalue weighted by Crippen LogP contribution is -2.29. The molecule has 3 nitrogen and oxygen atoms in total. The minimum Gasteiger partial charge on any atom is -0.465 e. The van der Waals surface area contributed by atoms with Gasteiger partial charge in [0.15, 0.2) is 0 Å². The van der Waals surface area contributed by atoms with Crippen molar-refractivity contribution < 1.29 is 9.53 Å². The zero-order valence-corrected chi connectivity index (χ0v) is 12.6. The van der Waals surface area contributed by atoms with Gasteiger partial charge in [0.25, 0.3) is 0 Å². The summed E-state index contributed by atoms with van der Waals surface area (Å²) in [6.07, 6.45) is 0. The molecule has 0 fully saturated rings. The summed E-state index contributed by atoms with van der Waals surface area (Å²) in [5, 5.41) is 3.93. The molecule has 0 aliphatic heterocycles. The van der Waals surface area contributed by atoms with Crippen LogP contribution in [0.3, 0.4) is 0 Å². The minimum absolute atomic E-state index is 0.0760. The van der Waals surface area contributed by atoms with Crippen molar-refractivity contribution in [1.29, 1.82) is 0 Å². The summed E-state index contributed by atoms with van der Waals surface area (Å²) >= 11 is 5.94. The average molecular weight is 304 g/mol. The first-order valence-electron chi connectivity index (χ1n) is 6.90. The van der Waals surface area contributed by atoms with Crippen LogP contribution < -0.4 is 5.32 Å². The van der Waals surface area contributed by atoms with E-state index in [1.54, 1.807) is 6.92 Å². The second-order valence-electron chi connectivity index (χ2n) is 4.58. The van der Waals surface area contributed by atoms with Gasteiger partial charge < -0.3 is 4.74 Å². The van der Waals surface area contributed by atoms with E-state index < -0.39 is 0 Å². The van der Waals surface area contributed by atoms with E-state index in [-0.39, 0.29) is 18.6 Å². The Bertz CT molecular complexity index is 569. The average Bonchev–Trinajstić information content (AvgIpc) is 2.50. The van der Waals surface area contributed by atoms with Gasteiger partial charge in [-0.05, 0) is 30.2 Å². The van der Waals surface area contributed by atoms with Crippen LogP contribution in [0.2, 0.25) is 5.02 Å². The van der Waals surface area contributed by atoms with Gasteiger partial charge in [0, 0.05) is 5.02 Å². The van der Waals surface area contributed by atoms with Crippen LogP contribution in [0.1, 0.15) is 24.1 Å². The lowest BCUT2D eigenvalue weighted by molar-refractivity contribution is -0.142. The number of rotatable bonds is 6. The standard InChI is InChI=1S/C17H18ClNO2/c1-2-21-16(20)12-19-17(13-6-4-3-5-7-13)14-8-10-15(18)11-9-14/h3-11,17,19H,2,12H2,1H3/t17-/m0/s1. The van der Waals surface area contributed by atoms with Crippen LogP contribution in [0.25, 0.3) is 0 Å². The molecular weight excluding hydrogens is 286 g/mol. The first kappa shape index (κ1) is 15.5. The van der Waals surface area contributed by atoms with Crippen LogP contribution >= 0.6 is 11.6 Å². The summed E-state index contributed by atoms with van der Waals surface area (Å²) in [7, 11) is 0. The third-order valence-electron chi connectivity index (χ3n) is 3.09. The molecule has 0 radical (unpaired) electrons. The highest BCUT2D eigenvalue weighted by molar-refractivity contribution is 6.30. The Kier molecular flexibility index (Phi) is 5.78. The van der Waals surface area contributed by atoms with Crippen molar-refractivity contribution in [2.45, 2.75) is 13.0 Å². The van der Waals surface area contributed by atoms with Crippen molar-refractivity contribution >= 4 is 17.6 Å². The molecule has 2 aromatic rings. The van der Waals surface area contributed by atoms with Crippen LogP contribution in [0.4, 0.5) is 0 Å². The summed E-state index contributed by atoms with van der Waals surface area (Å²) in [4.78, 5) is 11.6. The van der Waals surface area contributed by atoms with Crippen LogP contribution in [0, 0.1) is 0 Å². The summed E-state index contributed by atoms with van der Waals surface area (Å²) in [6, 6.07) is 17.5. The number of nitrogens with one attached hydrogen (secondary N) is 1. The number of halogens is 1. The highest BCUT2D eigenvalue weighted by atomic mass is 35.5. The lowest BCUT2D eigenvalue weighted by Gasteiger charge is -2.19. The zero-order chi connectivity index (χ0) is 15.1. The van der Waals surface area contributed by atoms with Crippen molar-refractivity contribution in [2.75, 3.05) is 13.2 Å². The number of ether oxygens (including phenoxy) is 1. The highest BCUT2D eigenvalue weighted by Crippen LogP contribution is 2.23. The Balaban J connectivity index is 2.18. The highest BCUT2D eigenvalue weighted by Gasteiger charge is 2.15. The molecule has 1 atom stereocenters. The molecule has 2 rings (SSSR count). The number of carbonyl (C=O) groups excluding carboxylic acids is 1. The third-order valence-corrected chi connectivity index (χ3v) is 3.34. The smallest absolute Gasteiger partial charge is 0.319 e. The van der Waals surface area contributed by atoms with Crippen LogP contribution in [-0.2, 0) is 9.53 Å². The van der Waals surface area contributed by atoms with E-state index in [2.05, 4.69) is 5.32 Å². The fraction of sp³-hybridized carbons (Fsp3) is 0.235. The van der Waals surface area contributed by atoms with E-state index in [0.717, 1.165) is 11.1 Å². The molecule has 0 saturated carbocycles. The summed E-state index contributed by atoms with van der Waals surface area (Å²) in [5.41, 5.74) is 2.14. The Morgan fingerprint density at radius 2 is 1.71 bits per heavy atom. The molecule has 0 aliphatic rings. The van der Waals surface area contributed by atoms with E-state index in [0.29, 0.717) is 11.6 Å². The molecule has 4 heteroatoms. The Morgan fingerprint density at radius 1 is 1.10 bits per heavy atom. The van der Waals surface area contributed by atoms with Crippen LogP contribution in [-0.4, -0.2) is 19.1 Å². The van der Waals surface area contributed by atoms with Gasteiger partial charge >= 0.3 is 5.97 Å². The molecule has 110 valence electrons. The monoisotopic (exact) mass is 303 g/mol. The summed E-state index contributed by atoms with van der Waals surface area (Å²) in [5.74, 6) is -0.257. The predicted octanol–water partition coefficient (Wildman–Crippen LogP) is 3.58. The molecule has 21 heavy (non-hydrogen) atoms. The van der Waals surface area contributed by atoms with Crippen molar-refractivity contribution in [3.05, 3.63) is 70.7 Å². The van der Waals surface area contributed by atoms with E-state index in [4.69, 9.17) is 16.3 Å². The number of esters is 1. The fourth-order valence-corrected chi connectivity index (χ4v) is 2.25. The van der Waals surface area contributed by atoms with Gasteiger partial charge in [0.2, 0.25) is 0 Å². The van der Waals surface area contributed by atoms with E-state index in [1.165, 1.54) is 0 Å². The Labute approximate surface area is 129 Å². The maximum Gasteiger partial charge on any atom is 0.319 e. The van der Waals surface area contributed by atoms with Gasteiger partial charge in [0.1, 0.15) is 0 Å². The van der Waals surface area contributed by atoms with Crippen molar-refractivity contribution in [2.24, 2.45) is 0 Å². The van der Waals surface area contributed by atoms with Crippen molar-refractivity contribution in [3.63, 3.8) is 0 Å². The second kappa shape index (κ2) is 7.81. The molecule has 0 amide bonds. The molecule has 0 unspecified atom stereocenters. The van der Waals surface area contributed by atoms with Gasteiger partial charge in [0.05, 0.1) is 19.2 Å². The number of hydrogen-bond acceptors (Lipinski definition) is 3. The van der Waals surface area contributed by atoms with Gasteiger partial charge in [-0.15, -0.1) is 0 Å². The third kappa shape index (κ3) is 4.59. The van der Waals surface area contributed by atoms with E-state index in [1.807, 2.05) is 54.6 Å². The number of hydrogen-bond donors (Lipinski definition) is 1. The molecule has 0 bridgehead atoms. The number of carbonyl (C=O) groups is 1. The molecule has 0 aromatic heterocycles. The predicted molar refractivity (Wildman–Crippen MR) is 84.4 cm³/mol. The van der Waals surface area contributed by atoms with Gasteiger partial charge in [-0.3, -0.25) is 10.1 Å². The SMILES string of the molecule is CCOC(=O)CN[C@@H](c1ccccc1)c1ccc(Cl)cc1. The largest absolute Gasteiger partial charge is 0.465 e. The summed E-state index contributed by atoms with van der Waals surface area (Å²) < 4.78 is 4.96. The van der Waals surface area contributed by atoms with Crippen LogP contribution in [0.15, 0.2) is 54.6 Å². The maximum atomic E-state index is 11.6. The first-order valence-corrected chi connectivity index (χ1v) is 7.28. The normalized spacial score (nSPS) is 11.9. The molecular formula is C17H18ClNO2. The molecule has 0 aliphatic carbocycles. The minimum atomic E-state index is -0.257. The summed E-state index contributed by atoms with van der Waals surface area (Å²) in [6.45, 7) is 2.35.